The van der Waals surface area contributed by atoms with Gasteiger partial charge in [0.05, 0.1) is 6.33 Å². The van der Waals surface area contributed by atoms with Crippen LogP contribution in [0.4, 0.5) is 0 Å². The Morgan fingerprint density at radius 1 is 1.31 bits per heavy atom. The number of fused-ring (bicyclic) bond motifs is 1. The zero-order chi connectivity index (χ0) is 11.0. The molecule has 0 amide bonds. The number of hydrogen-bond donors (Lipinski definition) is 0. The Kier molecular flexibility index (Phi) is 2.29. The van der Waals surface area contributed by atoms with Crippen LogP contribution in [0.5, 0.6) is 0 Å². The number of imidazole rings is 1. The minimum Gasteiger partial charge on any atom is -0.306 e. The summed E-state index contributed by atoms with van der Waals surface area (Å²) in [7, 11) is 0. The van der Waals surface area contributed by atoms with E-state index in [4.69, 9.17) is 11.6 Å². The summed E-state index contributed by atoms with van der Waals surface area (Å²) in [6.07, 6.45) is 9.96. The highest BCUT2D eigenvalue weighted by atomic mass is 35.5. The first-order valence-corrected chi connectivity index (χ1v) is 5.70. The molecule has 1 aliphatic rings. The highest BCUT2D eigenvalue weighted by Crippen LogP contribution is 2.29. The molecule has 2 nitrogen and oxygen atoms in total. The topological polar surface area (TPSA) is 17.8 Å². The Balaban J connectivity index is 2.14. The van der Waals surface area contributed by atoms with Gasteiger partial charge in [0.25, 0.3) is 0 Å². The molecule has 0 saturated carbocycles. The van der Waals surface area contributed by atoms with Crippen molar-refractivity contribution in [3.05, 3.63) is 59.1 Å². The molecule has 0 fully saturated rings. The normalized spacial score (nSPS) is 14.4. The maximum absolute atomic E-state index is 6.01. The van der Waals surface area contributed by atoms with Gasteiger partial charge in [-0.2, -0.15) is 0 Å². The second-order valence-corrected chi connectivity index (χ2v) is 4.34. The molecule has 0 radical (unpaired) electrons. The van der Waals surface area contributed by atoms with Crippen LogP contribution in [0.25, 0.3) is 5.70 Å². The zero-order valence-corrected chi connectivity index (χ0v) is 9.48. The summed E-state index contributed by atoms with van der Waals surface area (Å²) in [5.74, 6) is 0. The Labute approximate surface area is 99.2 Å². The van der Waals surface area contributed by atoms with Crippen molar-refractivity contribution in [1.82, 2.24) is 9.55 Å². The summed E-state index contributed by atoms with van der Waals surface area (Å²) < 4.78 is 2.05. The third kappa shape index (κ3) is 1.55. The summed E-state index contributed by atoms with van der Waals surface area (Å²) in [5.41, 5.74) is 3.78. The Bertz CT molecular complexity index is 541. The summed E-state index contributed by atoms with van der Waals surface area (Å²) in [6.45, 7) is 0. The van der Waals surface area contributed by atoms with Crippen LogP contribution >= 0.6 is 11.6 Å². The van der Waals surface area contributed by atoms with E-state index in [1.165, 1.54) is 16.8 Å². The maximum atomic E-state index is 6.01. The van der Waals surface area contributed by atoms with Crippen molar-refractivity contribution in [3.8, 4) is 0 Å². The van der Waals surface area contributed by atoms with Crippen LogP contribution in [0.3, 0.4) is 0 Å². The molecular weight excluding hydrogens is 220 g/mol. The Morgan fingerprint density at radius 2 is 2.25 bits per heavy atom. The minimum absolute atomic E-state index is 0.811. The van der Waals surface area contributed by atoms with E-state index in [1.807, 2.05) is 23.2 Å². The van der Waals surface area contributed by atoms with E-state index in [1.54, 1.807) is 6.20 Å². The van der Waals surface area contributed by atoms with Gasteiger partial charge in [0.1, 0.15) is 0 Å². The molecule has 0 aliphatic heterocycles. The average Bonchev–Trinajstić information content (AvgIpc) is 2.81. The fraction of sp³-hybridized carbons (Fsp3) is 0.154. The predicted octanol–water partition coefficient (Wildman–Crippen LogP) is 3.37. The van der Waals surface area contributed by atoms with E-state index < -0.39 is 0 Å². The molecule has 0 atom stereocenters. The average molecular weight is 231 g/mol. The van der Waals surface area contributed by atoms with Crippen molar-refractivity contribution in [2.45, 2.75) is 12.8 Å². The molecule has 16 heavy (non-hydrogen) atoms. The van der Waals surface area contributed by atoms with E-state index in [-0.39, 0.29) is 0 Å². The van der Waals surface area contributed by atoms with Gasteiger partial charge in [-0.15, -0.1) is 0 Å². The van der Waals surface area contributed by atoms with Gasteiger partial charge in [-0.1, -0.05) is 23.7 Å². The molecule has 0 saturated heterocycles. The minimum atomic E-state index is 0.811. The molecule has 0 spiro atoms. The molecule has 0 bridgehead atoms. The zero-order valence-electron chi connectivity index (χ0n) is 8.73. The molecule has 0 unspecified atom stereocenters. The quantitative estimate of drug-likeness (QED) is 0.735. The summed E-state index contributed by atoms with van der Waals surface area (Å²) in [4.78, 5) is 4.08. The fourth-order valence-electron chi connectivity index (χ4n) is 2.14. The van der Waals surface area contributed by atoms with Crippen LogP contribution in [0.1, 0.15) is 17.5 Å². The molecule has 3 heteroatoms. The number of benzene rings is 1. The molecule has 2 aromatic rings. The van der Waals surface area contributed by atoms with E-state index >= 15 is 0 Å². The number of nitrogens with zero attached hydrogens (tertiary/aromatic N) is 2. The standard InChI is InChI=1S/C13H11ClN2/c14-11-4-5-12-10(8-11)2-1-3-13(12)16-7-6-15-9-16/h3-9H,1-2H2. The number of halogens is 1. The first-order chi connectivity index (χ1) is 7.84. The summed E-state index contributed by atoms with van der Waals surface area (Å²) in [5, 5.41) is 0.811. The van der Waals surface area contributed by atoms with Crippen LogP contribution in [-0.2, 0) is 6.42 Å². The van der Waals surface area contributed by atoms with Crippen molar-refractivity contribution < 1.29 is 0 Å². The monoisotopic (exact) mass is 230 g/mol. The summed E-state index contributed by atoms with van der Waals surface area (Å²) >= 11 is 6.01. The number of allylic oxidation sites excluding steroid dienone is 1. The van der Waals surface area contributed by atoms with E-state index in [2.05, 4.69) is 23.2 Å². The van der Waals surface area contributed by atoms with Gasteiger partial charge in [0.2, 0.25) is 0 Å². The SMILES string of the molecule is Clc1ccc2c(c1)CCC=C2n1ccnc1. The molecule has 80 valence electrons. The Morgan fingerprint density at radius 3 is 3.06 bits per heavy atom. The van der Waals surface area contributed by atoms with Crippen molar-refractivity contribution >= 4 is 17.3 Å². The number of rotatable bonds is 1. The van der Waals surface area contributed by atoms with Crippen LogP contribution in [-0.4, -0.2) is 9.55 Å². The van der Waals surface area contributed by atoms with Gasteiger partial charge in [0, 0.05) is 28.7 Å². The number of hydrogen-bond acceptors (Lipinski definition) is 1. The maximum Gasteiger partial charge on any atom is 0.0991 e. The second-order valence-electron chi connectivity index (χ2n) is 3.90. The molecule has 1 aliphatic carbocycles. The lowest BCUT2D eigenvalue weighted by atomic mass is 9.94. The third-order valence-corrected chi connectivity index (χ3v) is 3.11. The first kappa shape index (κ1) is 9.67. The summed E-state index contributed by atoms with van der Waals surface area (Å²) in [6, 6.07) is 6.08. The van der Waals surface area contributed by atoms with Gasteiger partial charge in [-0.05, 0) is 30.5 Å². The van der Waals surface area contributed by atoms with Crippen LogP contribution in [0.2, 0.25) is 5.02 Å². The largest absolute Gasteiger partial charge is 0.306 e. The lowest BCUT2D eigenvalue weighted by Crippen LogP contribution is -2.05. The second kappa shape index (κ2) is 3.80. The predicted molar refractivity (Wildman–Crippen MR) is 65.4 cm³/mol. The van der Waals surface area contributed by atoms with Crippen molar-refractivity contribution in [3.63, 3.8) is 0 Å². The van der Waals surface area contributed by atoms with Gasteiger partial charge in [-0.25, -0.2) is 4.98 Å². The number of aryl methyl sites for hydroxylation is 1. The lowest BCUT2D eigenvalue weighted by molar-refractivity contribution is 0.942. The van der Waals surface area contributed by atoms with Crippen LogP contribution < -0.4 is 0 Å². The van der Waals surface area contributed by atoms with Gasteiger partial charge >= 0.3 is 0 Å². The number of aromatic nitrogens is 2. The van der Waals surface area contributed by atoms with Crippen molar-refractivity contribution in [2.75, 3.05) is 0 Å². The van der Waals surface area contributed by atoms with Crippen LogP contribution in [0, 0.1) is 0 Å². The third-order valence-electron chi connectivity index (χ3n) is 2.88. The van der Waals surface area contributed by atoms with Gasteiger partial charge < -0.3 is 4.57 Å². The molecule has 1 aromatic heterocycles. The smallest absolute Gasteiger partial charge is 0.0991 e. The van der Waals surface area contributed by atoms with E-state index in [0.717, 1.165) is 17.9 Å². The van der Waals surface area contributed by atoms with Gasteiger partial charge in [-0.3, -0.25) is 0 Å². The van der Waals surface area contributed by atoms with E-state index in [9.17, 15) is 0 Å². The first-order valence-electron chi connectivity index (χ1n) is 5.32. The molecule has 0 N–H and O–H groups in total. The molecular formula is C13H11ClN2. The highest BCUT2D eigenvalue weighted by Gasteiger charge is 2.13. The molecule has 1 aromatic carbocycles. The highest BCUT2D eigenvalue weighted by molar-refractivity contribution is 6.30. The molecule has 1 heterocycles. The lowest BCUT2D eigenvalue weighted by Gasteiger charge is -2.18. The van der Waals surface area contributed by atoms with Crippen molar-refractivity contribution in [2.24, 2.45) is 0 Å². The molecule has 3 rings (SSSR count). The Hall–Kier alpha value is -1.54. The van der Waals surface area contributed by atoms with Crippen LogP contribution in [0.15, 0.2) is 43.0 Å². The van der Waals surface area contributed by atoms with Gasteiger partial charge in [0.15, 0.2) is 0 Å². The van der Waals surface area contributed by atoms with Crippen molar-refractivity contribution in [1.29, 1.82) is 0 Å². The van der Waals surface area contributed by atoms with E-state index in [0.29, 0.717) is 0 Å². The fourth-order valence-corrected chi connectivity index (χ4v) is 2.33.